The van der Waals surface area contributed by atoms with Crippen LogP contribution in [-0.4, -0.2) is 80.3 Å². The van der Waals surface area contributed by atoms with E-state index in [9.17, 15) is 36.7 Å². The van der Waals surface area contributed by atoms with Crippen LogP contribution in [0.2, 0.25) is 0 Å². The summed E-state index contributed by atoms with van der Waals surface area (Å²) in [5, 5.41) is 21.0. The highest BCUT2D eigenvalue weighted by molar-refractivity contribution is 7.92. The molecule has 0 heterocycles. The van der Waals surface area contributed by atoms with Gasteiger partial charge in [-0.15, -0.1) is 12.4 Å². The largest absolute Gasteiger partial charge is 0.448 e. The maximum absolute atomic E-state index is 14.1. The number of carbonyl (C=O) groups excluding carboxylic acids is 3. The number of aliphatic hydroxyl groups is 1. The molecule has 15 heteroatoms. The quantitative estimate of drug-likeness (QED) is 0.121. The van der Waals surface area contributed by atoms with E-state index in [1.807, 2.05) is 45.0 Å². The zero-order chi connectivity index (χ0) is 35.7. The molecule has 0 unspecified atom stereocenters. The predicted molar refractivity (Wildman–Crippen MR) is 187 cm³/mol. The van der Waals surface area contributed by atoms with E-state index in [0.717, 1.165) is 29.7 Å². The molecule has 49 heavy (non-hydrogen) atoms. The lowest BCUT2D eigenvalue weighted by Crippen LogP contribution is -2.57. The second kappa shape index (κ2) is 22.4. The van der Waals surface area contributed by atoms with Crippen LogP contribution in [0.25, 0.3) is 0 Å². The maximum Gasteiger partial charge on any atom is 0.407 e. The normalized spacial score (nSPS) is 13.1. The van der Waals surface area contributed by atoms with Crippen molar-refractivity contribution in [2.75, 3.05) is 25.4 Å². The van der Waals surface area contributed by atoms with E-state index in [-0.39, 0.29) is 50.0 Å². The van der Waals surface area contributed by atoms with Gasteiger partial charge in [0.1, 0.15) is 24.3 Å². The summed E-state index contributed by atoms with van der Waals surface area (Å²) in [5.41, 5.74) is 2.25. The molecule has 3 amide bonds. The van der Waals surface area contributed by atoms with Crippen molar-refractivity contribution in [2.24, 2.45) is 0 Å². The van der Waals surface area contributed by atoms with Gasteiger partial charge < -0.3 is 31.1 Å². The molecule has 3 atom stereocenters. The van der Waals surface area contributed by atoms with Gasteiger partial charge in [0.05, 0.1) is 29.7 Å². The molecule has 0 bridgehead atoms. The zero-order valence-corrected chi connectivity index (χ0v) is 30.2. The minimum atomic E-state index is -3.91. The van der Waals surface area contributed by atoms with Crippen molar-refractivity contribution in [1.82, 2.24) is 21.3 Å². The van der Waals surface area contributed by atoms with Crippen LogP contribution in [0.4, 0.5) is 13.6 Å². The van der Waals surface area contributed by atoms with Crippen LogP contribution >= 0.6 is 12.4 Å². The lowest BCUT2D eigenvalue weighted by molar-refractivity contribution is -0.124. The van der Waals surface area contributed by atoms with Crippen LogP contribution in [0.15, 0.2) is 42.5 Å². The molecule has 0 aromatic heterocycles. The second-order valence-corrected chi connectivity index (χ2v) is 14.1. The minimum absolute atomic E-state index is 0. The molecule has 11 nitrogen and oxygen atoms in total. The molecule has 0 aliphatic heterocycles. The van der Waals surface area contributed by atoms with Crippen molar-refractivity contribution in [3.8, 4) is 0 Å². The van der Waals surface area contributed by atoms with Crippen LogP contribution in [0.1, 0.15) is 70.1 Å². The van der Waals surface area contributed by atoms with Crippen molar-refractivity contribution in [2.45, 2.75) is 96.2 Å². The zero-order valence-electron chi connectivity index (χ0n) is 28.6. The van der Waals surface area contributed by atoms with Gasteiger partial charge in [0.15, 0.2) is 9.84 Å². The summed E-state index contributed by atoms with van der Waals surface area (Å²) < 4.78 is 60.2. The SMILES string of the molecule is CCCC(CCC)S(=O)(=O)C[C@@H](NC(=O)OCCNC(C)=O)C(=O)N[C@@H](Cc1cc(F)cc(F)c1)[C@H](O)CNCc1cccc(CC)c1.Cl. The maximum atomic E-state index is 14.1. The van der Waals surface area contributed by atoms with Crippen LogP contribution in [0, 0.1) is 11.6 Å². The number of amides is 3. The number of alkyl carbamates (subject to hydrolysis) is 1. The number of benzene rings is 2. The predicted octanol–water partition coefficient (Wildman–Crippen LogP) is 3.74. The molecule has 2 aromatic carbocycles. The third kappa shape index (κ3) is 16.3. The van der Waals surface area contributed by atoms with Gasteiger partial charge in [-0.2, -0.15) is 0 Å². The lowest BCUT2D eigenvalue weighted by Gasteiger charge is -2.28. The van der Waals surface area contributed by atoms with E-state index < -0.39 is 62.7 Å². The Labute approximate surface area is 294 Å². The topological polar surface area (TPSA) is 163 Å². The van der Waals surface area contributed by atoms with Gasteiger partial charge in [-0.1, -0.05) is 57.9 Å². The molecule has 0 fully saturated rings. The minimum Gasteiger partial charge on any atom is -0.448 e. The number of halogens is 3. The van der Waals surface area contributed by atoms with Gasteiger partial charge in [0.2, 0.25) is 11.8 Å². The first-order valence-electron chi connectivity index (χ1n) is 16.4. The van der Waals surface area contributed by atoms with Gasteiger partial charge in [0, 0.05) is 26.1 Å². The first-order valence-corrected chi connectivity index (χ1v) is 18.1. The van der Waals surface area contributed by atoms with Crippen molar-refractivity contribution in [1.29, 1.82) is 0 Å². The van der Waals surface area contributed by atoms with E-state index in [0.29, 0.717) is 38.3 Å². The second-order valence-electron chi connectivity index (χ2n) is 11.8. The highest BCUT2D eigenvalue weighted by Crippen LogP contribution is 2.18. The van der Waals surface area contributed by atoms with Crippen LogP contribution in [-0.2, 0) is 43.5 Å². The summed E-state index contributed by atoms with van der Waals surface area (Å²) in [6, 6.07) is 7.94. The fourth-order valence-electron chi connectivity index (χ4n) is 5.27. The molecule has 0 radical (unpaired) electrons. The Morgan fingerprint density at radius 3 is 2.14 bits per heavy atom. The molecule has 0 saturated carbocycles. The first kappa shape index (κ1) is 43.7. The Balaban J connectivity index is 0.0000120. The number of carbonyl (C=O) groups is 3. The van der Waals surface area contributed by atoms with Crippen molar-refractivity contribution >= 4 is 40.2 Å². The molecule has 0 spiro atoms. The van der Waals surface area contributed by atoms with Crippen LogP contribution < -0.4 is 21.3 Å². The van der Waals surface area contributed by atoms with E-state index in [4.69, 9.17) is 4.74 Å². The first-order chi connectivity index (χ1) is 22.8. The molecule has 0 aliphatic rings. The molecule has 5 N–H and O–H groups in total. The van der Waals surface area contributed by atoms with Crippen molar-refractivity contribution in [3.63, 3.8) is 0 Å². The lowest BCUT2D eigenvalue weighted by atomic mass is 10.00. The Kier molecular flexibility index (Phi) is 20.0. The number of sulfone groups is 1. The average Bonchev–Trinajstić information content (AvgIpc) is 3.01. The smallest absolute Gasteiger partial charge is 0.407 e. The van der Waals surface area contributed by atoms with E-state index in [1.165, 1.54) is 6.92 Å². The summed E-state index contributed by atoms with van der Waals surface area (Å²) in [7, 11) is -3.91. The average molecular weight is 733 g/mol. The fraction of sp³-hybridized carbons (Fsp3) is 0.559. The van der Waals surface area contributed by atoms with Crippen molar-refractivity contribution < 1.29 is 41.4 Å². The highest BCUT2D eigenvalue weighted by Gasteiger charge is 2.34. The number of nitrogens with one attached hydrogen (secondary N) is 4. The fourth-order valence-corrected chi connectivity index (χ4v) is 7.43. The molecule has 0 aliphatic carbocycles. The molecular weight excluding hydrogens is 682 g/mol. The third-order valence-corrected chi connectivity index (χ3v) is 9.98. The van der Waals surface area contributed by atoms with Gasteiger partial charge in [-0.05, 0) is 54.5 Å². The van der Waals surface area contributed by atoms with Crippen molar-refractivity contribution in [3.05, 3.63) is 70.8 Å². The molecular formula is C34H51ClF2N4O7S. The molecule has 2 aromatic rings. The number of aliphatic hydroxyl groups excluding tert-OH is 1. The summed E-state index contributed by atoms with van der Waals surface area (Å²) >= 11 is 0. The Morgan fingerprint density at radius 2 is 1.55 bits per heavy atom. The summed E-state index contributed by atoms with van der Waals surface area (Å²) in [4.78, 5) is 37.5. The molecule has 0 saturated heterocycles. The van der Waals surface area contributed by atoms with E-state index in [1.54, 1.807) is 0 Å². The third-order valence-electron chi connectivity index (χ3n) is 7.70. The molecule has 2 rings (SSSR count). The highest BCUT2D eigenvalue weighted by atomic mass is 35.5. The molecule has 276 valence electrons. The van der Waals surface area contributed by atoms with Gasteiger partial charge in [-0.3, -0.25) is 9.59 Å². The Bertz CT molecular complexity index is 1430. The Morgan fingerprint density at radius 1 is 0.918 bits per heavy atom. The van der Waals surface area contributed by atoms with Crippen LogP contribution in [0.5, 0.6) is 0 Å². The number of hydrogen-bond acceptors (Lipinski definition) is 8. The van der Waals surface area contributed by atoms with Crippen LogP contribution in [0.3, 0.4) is 0 Å². The number of hydrogen-bond donors (Lipinski definition) is 5. The monoisotopic (exact) mass is 732 g/mol. The van der Waals surface area contributed by atoms with E-state index >= 15 is 0 Å². The number of rotatable bonds is 21. The Hall–Kier alpha value is -3.33. The summed E-state index contributed by atoms with van der Waals surface area (Å²) in [5.74, 6) is -3.70. The van der Waals surface area contributed by atoms with Gasteiger partial charge >= 0.3 is 6.09 Å². The summed E-state index contributed by atoms with van der Waals surface area (Å²) in [6.07, 6.45) is 0.184. The number of aryl methyl sites for hydroxylation is 1. The number of ether oxygens (including phenoxy) is 1. The standard InChI is InChI=1S/C34H50F2N4O7S.ClH/c1-5-9-29(10-6-2)48(45,46)22-31(40-34(44)47-14-13-38-23(4)41)33(43)39-30(18-26-16-27(35)19-28(36)17-26)32(42)21-37-20-25-12-8-11-24(7-3)15-25;/h8,11-12,15-17,19,29-32,37,42H,5-7,9-10,13-14,18,20-22H2,1-4H3,(H,38,41)(H,39,43)(H,40,44);1H/t30-,31+,32+;/m0./s1. The van der Waals surface area contributed by atoms with Gasteiger partial charge in [0.25, 0.3) is 0 Å². The van der Waals surface area contributed by atoms with Gasteiger partial charge in [-0.25, -0.2) is 22.0 Å². The summed E-state index contributed by atoms with van der Waals surface area (Å²) in [6.45, 7) is 7.15. The van der Waals surface area contributed by atoms with E-state index in [2.05, 4.69) is 21.3 Å².